The largest absolute Gasteiger partial charge is 0.482 e. The number of benzene rings is 1. The maximum absolute atomic E-state index is 11.9. The summed E-state index contributed by atoms with van der Waals surface area (Å²) < 4.78 is 5.38. The molecule has 0 unspecified atom stereocenters. The number of hydrogen-bond acceptors (Lipinski definition) is 4. The summed E-state index contributed by atoms with van der Waals surface area (Å²) >= 11 is 0. The Hall–Kier alpha value is -2.06. The lowest BCUT2D eigenvalue weighted by molar-refractivity contribution is -0.136. The number of piperidine rings is 1. The van der Waals surface area contributed by atoms with E-state index in [9.17, 15) is 9.90 Å². The third-order valence-corrected chi connectivity index (χ3v) is 3.11. The highest BCUT2D eigenvalue weighted by Gasteiger charge is 2.22. The van der Waals surface area contributed by atoms with Crippen molar-refractivity contribution in [2.24, 2.45) is 0 Å². The Balaban J connectivity index is 1.91. The Kier molecular flexibility index (Phi) is 4.37. The molecule has 100 valence electrons. The lowest BCUT2D eigenvalue weighted by atomic mass is 10.1. The Morgan fingerprint density at radius 1 is 1.53 bits per heavy atom. The van der Waals surface area contributed by atoms with Crippen molar-refractivity contribution in [2.45, 2.75) is 18.9 Å². The second-order valence-electron chi connectivity index (χ2n) is 4.53. The maximum Gasteiger partial charge on any atom is 0.260 e. The minimum atomic E-state index is -0.441. The van der Waals surface area contributed by atoms with Gasteiger partial charge in [0.1, 0.15) is 11.8 Å². The number of hydrogen-bond donors (Lipinski definition) is 1. The predicted molar refractivity (Wildman–Crippen MR) is 68.5 cm³/mol. The molecule has 1 aromatic rings. The molecule has 2 rings (SSSR count). The van der Waals surface area contributed by atoms with Crippen molar-refractivity contribution in [3.8, 4) is 11.8 Å². The number of para-hydroxylation sites is 1. The molecule has 5 heteroatoms. The van der Waals surface area contributed by atoms with Gasteiger partial charge >= 0.3 is 0 Å². The van der Waals surface area contributed by atoms with Crippen LogP contribution in [-0.4, -0.2) is 41.7 Å². The first-order valence-corrected chi connectivity index (χ1v) is 6.28. The van der Waals surface area contributed by atoms with Crippen LogP contribution in [0.5, 0.6) is 5.75 Å². The third kappa shape index (κ3) is 3.46. The molecule has 1 amide bonds. The number of nitriles is 1. The zero-order valence-electron chi connectivity index (χ0n) is 10.6. The fraction of sp³-hybridized carbons (Fsp3) is 0.429. The molecular formula is C14H16N2O3. The molecule has 1 aromatic carbocycles. The topological polar surface area (TPSA) is 73.6 Å². The van der Waals surface area contributed by atoms with Crippen LogP contribution >= 0.6 is 0 Å². The van der Waals surface area contributed by atoms with Crippen molar-refractivity contribution in [2.75, 3.05) is 19.7 Å². The van der Waals surface area contributed by atoms with E-state index in [0.29, 0.717) is 24.4 Å². The van der Waals surface area contributed by atoms with E-state index in [2.05, 4.69) is 0 Å². The SMILES string of the molecule is N#Cc1ccccc1OCC(=O)N1CCC[C@H](O)C1. The van der Waals surface area contributed by atoms with Crippen molar-refractivity contribution in [3.63, 3.8) is 0 Å². The first-order valence-electron chi connectivity index (χ1n) is 6.28. The van der Waals surface area contributed by atoms with Crippen molar-refractivity contribution >= 4 is 5.91 Å². The molecule has 0 saturated carbocycles. The van der Waals surface area contributed by atoms with Crippen molar-refractivity contribution in [1.82, 2.24) is 4.90 Å². The highest BCUT2D eigenvalue weighted by molar-refractivity contribution is 5.78. The average molecular weight is 260 g/mol. The van der Waals surface area contributed by atoms with Gasteiger partial charge in [-0.25, -0.2) is 0 Å². The zero-order chi connectivity index (χ0) is 13.7. The first kappa shape index (κ1) is 13.4. The Morgan fingerprint density at radius 3 is 3.05 bits per heavy atom. The number of β-amino-alcohol motifs (C(OH)–C–C–N with tert-alkyl or cyclic N) is 1. The molecular weight excluding hydrogens is 244 g/mol. The van der Waals surface area contributed by atoms with Gasteiger partial charge in [0.05, 0.1) is 11.7 Å². The molecule has 0 aromatic heterocycles. The van der Waals surface area contributed by atoms with Crippen LogP contribution in [0, 0.1) is 11.3 Å². The number of carbonyl (C=O) groups excluding carboxylic acids is 1. The number of aliphatic hydroxyl groups excluding tert-OH is 1. The molecule has 0 radical (unpaired) electrons. The van der Waals surface area contributed by atoms with Gasteiger partial charge in [0.15, 0.2) is 6.61 Å². The summed E-state index contributed by atoms with van der Waals surface area (Å²) in [6, 6.07) is 8.82. The molecule has 1 aliphatic rings. The van der Waals surface area contributed by atoms with Gasteiger partial charge in [-0.15, -0.1) is 0 Å². The Labute approximate surface area is 112 Å². The monoisotopic (exact) mass is 260 g/mol. The van der Waals surface area contributed by atoms with E-state index in [4.69, 9.17) is 10.00 Å². The van der Waals surface area contributed by atoms with Gasteiger partial charge in [0, 0.05) is 13.1 Å². The number of aliphatic hydroxyl groups is 1. The highest BCUT2D eigenvalue weighted by Crippen LogP contribution is 2.17. The molecule has 1 aliphatic heterocycles. The number of carbonyl (C=O) groups is 1. The molecule has 0 bridgehead atoms. The summed E-state index contributed by atoms with van der Waals surface area (Å²) in [5.41, 5.74) is 0.411. The summed E-state index contributed by atoms with van der Waals surface area (Å²) in [5.74, 6) is 0.252. The average Bonchev–Trinajstić information content (AvgIpc) is 2.45. The van der Waals surface area contributed by atoms with Crippen LogP contribution in [0.1, 0.15) is 18.4 Å². The van der Waals surface area contributed by atoms with Crippen molar-refractivity contribution in [3.05, 3.63) is 29.8 Å². The molecule has 0 aliphatic carbocycles. The molecule has 5 nitrogen and oxygen atoms in total. The van der Waals surface area contributed by atoms with Crippen LogP contribution in [0.15, 0.2) is 24.3 Å². The Morgan fingerprint density at radius 2 is 2.32 bits per heavy atom. The van der Waals surface area contributed by atoms with Gasteiger partial charge in [-0.2, -0.15) is 5.26 Å². The fourth-order valence-electron chi connectivity index (χ4n) is 2.10. The smallest absolute Gasteiger partial charge is 0.260 e. The van der Waals surface area contributed by atoms with E-state index in [-0.39, 0.29) is 12.5 Å². The van der Waals surface area contributed by atoms with E-state index in [1.54, 1.807) is 29.2 Å². The van der Waals surface area contributed by atoms with Gasteiger partial charge < -0.3 is 14.7 Å². The molecule has 1 N–H and O–H groups in total. The minimum absolute atomic E-state index is 0.106. The summed E-state index contributed by atoms with van der Waals surface area (Å²) in [4.78, 5) is 13.5. The van der Waals surface area contributed by atoms with Gasteiger partial charge in [-0.1, -0.05) is 12.1 Å². The molecule has 1 heterocycles. The lowest BCUT2D eigenvalue weighted by Gasteiger charge is -2.30. The van der Waals surface area contributed by atoms with Crippen LogP contribution < -0.4 is 4.74 Å². The van der Waals surface area contributed by atoms with Crippen LogP contribution in [0.2, 0.25) is 0 Å². The van der Waals surface area contributed by atoms with Gasteiger partial charge in [-0.3, -0.25) is 4.79 Å². The number of amides is 1. The number of ether oxygens (including phenoxy) is 1. The van der Waals surface area contributed by atoms with E-state index in [0.717, 1.165) is 12.8 Å². The minimum Gasteiger partial charge on any atom is -0.482 e. The van der Waals surface area contributed by atoms with Crippen molar-refractivity contribution < 1.29 is 14.6 Å². The van der Waals surface area contributed by atoms with Crippen LogP contribution in [0.25, 0.3) is 0 Å². The lowest BCUT2D eigenvalue weighted by Crippen LogP contribution is -2.44. The van der Waals surface area contributed by atoms with E-state index in [1.807, 2.05) is 6.07 Å². The fourth-order valence-corrected chi connectivity index (χ4v) is 2.10. The second-order valence-corrected chi connectivity index (χ2v) is 4.53. The van der Waals surface area contributed by atoms with Gasteiger partial charge in [0.25, 0.3) is 5.91 Å². The van der Waals surface area contributed by atoms with Gasteiger partial charge in [-0.05, 0) is 25.0 Å². The summed E-state index contributed by atoms with van der Waals surface area (Å²) in [6.45, 7) is 0.909. The third-order valence-electron chi connectivity index (χ3n) is 3.11. The molecule has 1 fully saturated rings. The second kappa shape index (κ2) is 6.21. The van der Waals surface area contributed by atoms with Crippen LogP contribution in [0.3, 0.4) is 0 Å². The van der Waals surface area contributed by atoms with E-state index >= 15 is 0 Å². The number of nitrogens with zero attached hydrogens (tertiary/aromatic N) is 2. The number of likely N-dealkylation sites (tertiary alicyclic amines) is 1. The maximum atomic E-state index is 11.9. The summed E-state index contributed by atoms with van der Waals surface area (Å²) in [7, 11) is 0. The van der Waals surface area contributed by atoms with Crippen LogP contribution in [-0.2, 0) is 4.79 Å². The first-order chi connectivity index (χ1) is 9.20. The Bertz CT molecular complexity index is 496. The molecule has 19 heavy (non-hydrogen) atoms. The standard InChI is InChI=1S/C14H16N2O3/c15-8-11-4-1-2-6-13(11)19-10-14(18)16-7-3-5-12(17)9-16/h1-2,4,6,12,17H,3,5,7,9-10H2/t12-/m0/s1. The van der Waals surface area contributed by atoms with E-state index in [1.165, 1.54) is 0 Å². The molecule has 0 spiro atoms. The molecule has 1 atom stereocenters. The summed E-state index contributed by atoms with van der Waals surface area (Å²) in [6.07, 6.45) is 1.10. The summed E-state index contributed by atoms with van der Waals surface area (Å²) in [5, 5.41) is 18.4. The van der Waals surface area contributed by atoms with Gasteiger partial charge in [0.2, 0.25) is 0 Å². The quantitative estimate of drug-likeness (QED) is 0.877. The number of rotatable bonds is 3. The van der Waals surface area contributed by atoms with Crippen LogP contribution in [0.4, 0.5) is 0 Å². The van der Waals surface area contributed by atoms with E-state index < -0.39 is 6.10 Å². The zero-order valence-corrected chi connectivity index (χ0v) is 10.6. The molecule has 1 saturated heterocycles. The predicted octanol–water partition coefficient (Wildman–Crippen LogP) is 0.920. The van der Waals surface area contributed by atoms with Crippen molar-refractivity contribution in [1.29, 1.82) is 5.26 Å². The normalized spacial score (nSPS) is 18.7. The highest BCUT2D eigenvalue weighted by atomic mass is 16.5.